The fraction of sp³-hybridized carbons (Fsp3) is 0.625. The van der Waals surface area contributed by atoms with E-state index in [-0.39, 0.29) is 22.9 Å². The maximum absolute atomic E-state index is 12.2. The number of aromatic carboxylic acids is 1. The molecular weight excluding hydrogens is 302 g/mol. The van der Waals surface area contributed by atoms with Gasteiger partial charge in [0.2, 0.25) is 0 Å². The Morgan fingerprint density at radius 2 is 2.05 bits per heavy atom. The van der Waals surface area contributed by atoms with Crippen molar-refractivity contribution in [2.45, 2.75) is 51.7 Å². The first-order chi connectivity index (χ1) is 10.5. The first kappa shape index (κ1) is 17.0. The summed E-state index contributed by atoms with van der Waals surface area (Å²) in [5.41, 5.74) is 0. The van der Waals surface area contributed by atoms with Gasteiger partial charge in [0, 0.05) is 12.6 Å². The number of ether oxygens (including phenoxy) is 1. The summed E-state index contributed by atoms with van der Waals surface area (Å²) in [7, 11) is 0. The van der Waals surface area contributed by atoms with Gasteiger partial charge in [-0.05, 0) is 30.9 Å². The Balaban J connectivity index is 1.94. The molecule has 6 heteroatoms. The van der Waals surface area contributed by atoms with Crippen LogP contribution >= 0.6 is 11.3 Å². The molecular formula is C16H23NO4S. The van der Waals surface area contributed by atoms with Crippen LogP contribution in [0.1, 0.15) is 58.9 Å². The van der Waals surface area contributed by atoms with Crippen LogP contribution in [0.2, 0.25) is 0 Å². The number of nitrogens with one attached hydrogen (secondary N) is 1. The predicted octanol–water partition coefficient (Wildman–Crippen LogP) is 3.16. The molecule has 0 spiro atoms. The van der Waals surface area contributed by atoms with E-state index in [2.05, 4.69) is 19.2 Å². The fourth-order valence-corrected chi connectivity index (χ4v) is 3.68. The Morgan fingerprint density at radius 3 is 2.64 bits per heavy atom. The number of carbonyl (C=O) groups is 2. The molecule has 1 aliphatic heterocycles. The van der Waals surface area contributed by atoms with Gasteiger partial charge in [0.15, 0.2) is 0 Å². The lowest BCUT2D eigenvalue weighted by atomic mass is 9.89. The molecule has 2 rings (SSSR count). The van der Waals surface area contributed by atoms with Crippen LogP contribution in [0, 0.1) is 5.92 Å². The van der Waals surface area contributed by atoms with E-state index in [0.29, 0.717) is 17.4 Å². The molecule has 1 amide bonds. The molecule has 2 heterocycles. The molecule has 2 unspecified atom stereocenters. The minimum atomic E-state index is -0.996. The van der Waals surface area contributed by atoms with Crippen molar-refractivity contribution in [2.24, 2.45) is 5.92 Å². The van der Waals surface area contributed by atoms with Crippen LogP contribution in [0.3, 0.4) is 0 Å². The van der Waals surface area contributed by atoms with Crippen LogP contribution in [0.4, 0.5) is 0 Å². The first-order valence-electron chi connectivity index (χ1n) is 7.80. The molecule has 0 aromatic carbocycles. The second-order valence-corrected chi connectivity index (χ2v) is 6.73. The summed E-state index contributed by atoms with van der Waals surface area (Å²) in [5, 5.41) is 11.9. The Labute approximate surface area is 134 Å². The first-order valence-corrected chi connectivity index (χ1v) is 8.62. The zero-order valence-corrected chi connectivity index (χ0v) is 13.8. The van der Waals surface area contributed by atoms with Gasteiger partial charge in [-0.3, -0.25) is 4.79 Å². The normalized spacial score (nSPS) is 21.8. The third-order valence-electron chi connectivity index (χ3n) is 4.27. The van der Waals surface area contributed by atoms with Gasteiger partial charge in [-0.2, -0.15) is 0 Å². The molecule has 2 atom stereocenters. The maximum atomic E-state index is 12.2. The fourth-order valence-electron chi connectivity index (χ4n) is 2.93. The highest BCUT2D eigenvalue weighted by molar-refractivity contribution is 7.15. The summed E-state index contributed by atoms with van der Waals surface area (Å²) in [6.07, 6.45) is 3.99. The Morgan fingerprint density at radius 1 is 1.36 bits per heavy atom. The minimum absolute atomic E-state index is 0.0993. The van der Waals surface area contributed by atoms with Crippen LogP contribution < -0.4 is 5.32 Å². The Bertz CT molecular complexity index is 524. The van der Waals surface area contributed by atoms with Crippen molar-refractivity contribution in [1.82, 2.24) is 5.32 Å². The summed E-state index contributed by atoms with van der Waals surface area (Å²) in [6.45, 7) is 4.99. The number of hydrogen-bond donors (Lipinski definition) is 2. The van der Waals surface area contributed by atoms with Gasteiger partial charge in [0.25, 0.3) is 5.91 Å². The quantitative estimate of drug-likeness (QED) is 0.842. The average Bonchev–Trinajstić information content (AvgIpc) is 2.99. The lowest BCUT2D eigenvalue weighted by Crippen LogP contribution is -2.43. The number of rotatable bonds is 6. The molecule has 1 saturated heterocycles. The van der Waals surface area contributed by atoms with E-state index in [1.165, 1.54) is 6.07 Å². The summed E-state index contributed by atoms with van der Waals surface area (Å²) < 4.78 is 5.85. The molecule has 1 aromatic heterocycles. The van der Waals surface area contributed by atoms with Crippen molar-refractivity contribution in [3.05, 3.63) is 21.9 Å². The number of thiophene rings is 1. The zero-order valence-electron chi connectivity index (χ0n) is 13.0. The van der Waals surface area contributed by atoms with Gasteiger partial charge in [0.05, 0.1) is 11.0 Å². The average molecular weight is 325 g/mol. The van der Waals surface area contributed by atoms with Gasteiger partial charge in [0.1, 0.15) is 4.88 Å². The molecule has 122 valence electrons. The van der Waals surface area contributed by atoms with Crippen molar-refractivity contribution < 1.29 is 19.4 Å². The van der Waals surface area contributed by atoms with Crippen LogP contribution in [0.25, 0.3) is 0 Å². The lowest BCUT2D eigenvalue weighted by molar-refractivity contribution is -0.0337. The molecule has 22 heavy (non-hydrogen) atoms. The summed E-state index contributed by atoms with van der Waals surface area (Å²) in [4.78, 5) is 23.7. The van der Waals surface area contributed by atoms with E-state index >= 15 is 0 Å². The molecule has 0 bridgehead atoms. The van der Waals surface area contributed by atoms with E-state index in [4.69, 9.17) is 9.84 Å². The van der Waals surface area contributed by atoms with E-state index < -0.39 is 5.97 Å². The molecule has 0 aliphatic carbocycles. The second-order valence-electron chi connectivity index (χ2n) is 5.65. The molecule has 0 radical (unpaired) electrons. The second kappa shape index (κ2) is 7.74. The molecule has 0 saturated carbocycles. The lowest BCUT2D eigenvalue weighted by Gasteiger charge is -2.34. The van der Waals surface area contributed by atoms with Crippen molar-refractivity contribution in [3.8, 4) is 0 Å². The van der Waals surface area contributed by atoms with E-state index in [9.17, 15) is 9.59 Å². The van der Waals surface area contributed by atoms with Crippen molar-refractivity contribution >= 4 is 23.2 Å². The van der Waals surface area contributed by atoms with Gasteiger partial charge in [-0.15, -0.1) is 11.3 Å². The van der Waals surface area contributed by atoms with Crippen LogP contribution in [0.15, 0.2) is 12.1 Å². The third kappa shape index (κ3) is 4.08. The van der Waals surface area contributed by atoms with Gasteiger partial charge < -0.3 is 15.2 Å². The van der Waals surface area contributed by atoms with Crippen molar-refractivity contribution in [1.29, 1.82) is 0 Å². The van der Waals surface area contributed by atoms with Crippen molar-refractivity contribution in [3.63, 3.8) is 0 Å². The number of carbonyl (C=O) groups excluding carboxylic acids is 1. The summed E-state index contributed by atoms with van der Waals surface area (Å²) in [6, 6.07) is 3.14. The van der Waals surface area contributed by atoms with E-state index in [0.717, 1.165) is 37.0 Å². The van der Waals surface area contributed by atoms with Gasteiger partial charge >= 0.3 is 5.97 Å². The van der Waals surface area contributed by atoms with Crippen LogP contribution in [-0.4, -0.2) is 35.7 Å². The van der Waals surface area contributed by atoms with Crippen LogP contribution in [0.5, 0.6) is 0 Å². The predicted molar refractivity (Wildman–Crippen MR) is 85.6 cm³/mol. The molecule has 1 aromatic rings. The van der Waals surface area contributed by atoms with Crippen LogP contribution in [-0.2, 0) is 4.74 Å². The highest BCUT2D eigenvalue weighted by atomic mass is 32.1. The molecule has 5 nitrogen and oxygen atoms in total. The van der Waals surface area contributed by atoms with E-state index in [1.54, 1.807) is 6.07 Å². The number of hydrogen-bond acceptors (Lipinski definition) is 4. The van der Waals surface area contributed by atoms with Gasteiger partial charge in [-0.25, -0.2) is 4.79 Å². The van der Waals surface area contributed by atoms with Crippen molar-refractivity contribution in [2.75, 3.05) is 6.61 Å². The topological polar surface area (TPSA) is 75.6 Å². The third-order valence-corrected chi connectivity index (χ3v) is 5.34. The molecule has 1 fully saturated rings. The smallest absolute Gasteiger partial charge is 0.345 e. The van der Waals surface area contributed by atoms with E-state index in [1.807, 2.05) is 0 Å². The Hall–Kier alpha value is -1.40. The van der Waals surface area contributed by atoms with Gasteiger partial charge in [-0.1, -0.05) is 26.7 Å². The highest BCUT2D eigenvalue weighted by Gasteiger charge is 2.28. The minimum Gasteiger partial charge on any atom is -0.477 e. The largest absolute Gasteiger partial charge is 0.477 e. The summed E-state index contributed by atoms with van der Waals surface area (Å²) >= 11 is 1.01. The summed E-state index contributed by atoms with van der Waals surface area (Å²) in [5.74, 6) is -0.656. The highest BCUT2D eigenvalue weighted by Crippen LogP contribution is 2.25. The maximum Gasteiger partial charge on any atom is 0.345 e. The monoisotopic (exact) mass is 325 g/mol. The standard InChI is InChI=1S/C16H23NO4S/c1-3-10(4-2)12-9-11(7-8-21-12)17-15(18)13-5-6-14(22-13)16(19)20/h5-6,10-12H,3-4,7-9H2,1-2H3,(H,17,18)(H,19,20). The SMILES string of the molecule is CCC(CC)C1CC(NC(=O)c2ccc(C(=O)O)s2)CCO1. The molecule has 2 N–H and O–H groups in total. The zero-order chi connectivity index (χ0) is 16.1. The number of amides is 1. The Kier molecular flexibility index (Phi) is 5.97. The number of carboxylic acid groups (broad SMARTS) is 1. The number of carboxylic acids is 1. The molecule has 1 aliphatic rings.